The van der Waals surface area contributed by atoms with E-state index >= 15 is 0 Å². The first kappa shape index (κ1) is 15.9. The van der Waals surface area contributed by atoms with E-state index < -0.39 is 0 Å². The van der Waals surface area contributed by atoms with Crippen molar-refractivity contribution in [2.45, 2.75) is 33.2 Å². The fourth-order valence-corrected chi connectivity index (χ4v) is 2.58. The van der Waals surface area contributed by atoms with Crippen LogP contribution in [0.25, 0.3) is 11.0 Å². The molecule has 1 aromatic carbocycles. The summed E-state index contributed by atoms with van der Waals surface area (Å²) < 4.78 is 5.61. The lowest BCUT2D eigenvalue weighted by molar-refractivity contribution is 0.0881. The van der Waals surface area contributed by atoms with Crippen molar-refractivity contribution in [2.24, 2.45) is 5.92 Å². The highest BCUT2D eigenvalue weighted by Crippen LogP contribution is 2.27. The molecule has 114 valence electrons. The number of hydrogen-bond donors (Lipinski definition) is 2. The number of aliphatic hydroxyl groups is 1. The van der Waals surface area contributed by atoms with Crippen LogP contribution in [0.5, 0.6) is 0 Å². The van der Waals surface area contributed by atoms with Crippen molar-refractivity contribution in [3.05, 3.63) is 34.5 Å². The first-order chi connectivity index (χ1) is 9.92. The average molecular weight is 310 g/mol. The fourth-order valence-electron chi connectivity index (χ4n) is 2.41. The minimum Gasteiger partial charge on any atom is -0.451 e. The summed E-state index contributed by atoms with van der Waals surface area (Å²) >= 11 is 5.97. The summed E-state index contributed by atoms with van der Waals surface area (Å²) in [6.07, 6.45) is 0.716. The summed E-state index contributed by atoms with van der Waals surface area (Å²) in [4.78, 5) is 12.3. The summed E-state index contributed by atoms with van der Waals surface area (Å²) in [6.45, 7) is 5.83. The summed E-state index contributed by atoms with van der Waals surface area (Å²) in [5.41, 5.74) is 1.39. The molecule has 0 aliphatic carbocycles. The van der Waals surface area contributed by atoms with E-state index in [-0.39, 0.29) is 24.3 Å². The van der Waals surface area contributed by atoms with Crippen molar-refractivity contribution in [1.29, 1.82) is 0 Å². The van der Waals surface area contributed by atoms with Gasteiger partial charge in [0.1, 0.15) is 5.58 Å². The van der Waals surface area contributed by atoms with Gasteiger partial charge in [0.2, 0.25) is 0 Å². The Morgan fingerprint density at radius 3 is 2.76 bits per heavy atom. The second kappa shape index (κ2) is 6.50. The molecular formula is C16H20ClNO3. The van der Waals surface area contributed by atoms with Crippen LogP contribution in [0.1, 0.15) is 36.4 Å². The Morgan fingerprint density at radius 1 is 1.43 bits per heavy atom. The van der Waals surface area contributed by atoms with Crippen LogP contribution in [0.4, 0.5) is 0 Å². The molecule has 1 aromatic heterocycles. The van der Waals surface area contributed by atoms with E-state index in [1.54, 1.807) is 18.2 Å². The average Bonchev–Trinajstić information content (AvgIpc) is 2.74. The number of rotatable bonds is 5. The van der Waals surface area contributed by atoms with Gasteiger partial charge in [-0.3, -0.25) is 4.79 Å². The number of benzene rings is 1. The van der Waals surface area contributed by atoms with Crippen LogP contribution in [-0.2, 0) is 0 Å². The molecule has 1 atom stereocenters. The molecule has 5 heteroatoms. The van der Waals surface area contributed by atoms with Crippen LogP contribution in [0.2, 0.25) is 5.02 Å². The number of carbonyl (C=O) groups excluding carboxylic acids is 1. The smallest absolute Gasteiger partial charge is 0.287 e. The Kier molecular flexibility index (Phi) is 4.91. The highest BCUT2D eigenvalue weighted by atomic mass is 35.5. The van der Waals surface area contributed by atoms with Gasteiger partial charge in [0.05, 0.1) is 12.6 Å². The molecule has 0 aliphatic heterocycles. The predicted octanol–water partition coefficient (Wildman–Crippen LogP) is 3.53. The van der Waals surface area contributed by atoms with E-state index in [2.05, 4.69) is 5.32 Å². The molecule has 1 unspecified atom stereocenters. The molecule has 21 heavy (non-hydrogen) atoms. The molecular weight excluding hydrogens is 290 g/mol. The van der Waals surface area contributed by atoms with E-state index in [0.29, 0.717) is 22.9 Å². The first-order valence-corrected chi connectivity index (χ1v) is 7.40. The quantitative estimate of drug-likeness (QED) is 0.888. The van der Waals surface area contributed by atoms with Gasteiger partial charge in [0.25, 0.3) is 5.91 Å². The molecule has 0 aliphatic rings. The zero-order valence-corrected chi connectivity index (χ0v) is 13.2. The van der Waals surface area contributed by atoms with Gasteiger partial charge in [-0.25, -0.2) is 0 Å². The second-order valence-corrected chi connectivity index (χ2v) is 6.12. The van der Waals surface area contributed by atoms with E-state index in [1.165, 1.54) is 0 Å². The summed E-state index contributed by atoms with van der Waals surface area (Å²) in [7, 11) is 0. The van der Waals surface area contributed by atoms with Gasteiger partial charge in [0, 0.05) is 16.0 Å². The van der Waals surface area contributed by atoms with Crippen LogP contribution in [0, 0.1) is 12.8 Å². The molecule has 0 saturated carbocycles. The molecule has 2 rings (SSSR count). The van der Waals surface area contributed by atoms with Crippen molar-refractivity contribution in [3.63, 3.8) is 0 Å². The fraction of sp³-hybridized carbons (Fsp3) is 0.438. The highest BCUT2D eigenvalue weighted by Gasteiger charge is 2.21. The molecule has 2 aromatic rings. The second-order valence-electron chi connectivity index (χ2n) is 5.68. The van der Waals surface area contributed by atoms with Gasteiger partial charge in [0.15, 0.2) is 5.76 Å². The maximum absolute atomic E-state index is 12.3. The van der Waals surface area contributed by atoms with E-state index in [4.69, 9.17) is 16.0 Å². The zero-order valence-electron chi connectivity index (χ0n) is 12.4. The number of nitrogens with one attached hydrogen (secondary N) is 1. The molecule has 0 fully saturated rings. The van der Waals surface area contributed by atoms with E-state index in [9.17, 15) is 9.90 Å². The number of amides is 1. The van der Waals surface area contributed by atoms with Crippen LogP contribution in [-0.4, -0.2) is 23.7 Å². The van der Waals surface area contributed by atoms with Crippen molar-refractivity contribution < 1.29 is 14.3 Å². The van der Waals surface area contributed by atoms with Gasteiger partial charge >= 0.3 is 0 Å². The Labute approximate surface area is 129 Å². The maximum Gasteiger partial charge on any atom is 0.287 e. The van der Waals surface area contributed by atoms with E-state index in [1.807, 2.05) is 20.8 Å². The van der Waals surface area contributed by atoms with Crippen molar-refractivity contribution in [1.82, 2.24) is 5.32 Å². The first-order valence-electron chi connectivity index (χ1n) is 7.02. The third kappa shape index (κ3) is 3.57. The molecule has 4 nitrogen and oxygen atoms in total. The minimum absolute atomic E-state index is 0.0883. The largest absolute Gasteiger partial charge is 0.451 e. The van der Waals surface area contributed by atoms with E-state index in [0.717, 1.165) is 10.9 Å². The van der Waals surface area contributed by atoms with Crippen LogP contribution < -0.4 is 5.32 Å². The third-order valence-electron chi connectivity index (χ3n) is 3.42. The molecule has 2 N–H and O–H groups in total. The van der Waals surface area contributed by atoms with Gasteiger partial charge in [-0.05, 0) is 37.5 Å². The molecule has 0 saturated heterocycles. The summed E-state index contributed by atoms with van der Waals surface area (Å²) in [6, 6.07) is 4.99. The van der Waals surface area contributed by atoms with Crippen LogP contribution in [0.15, 0.2) is 22.6 Å². The Hall–Kier alpha value is -1.52. The Balaban J connectivity index is 2.25. The van der Waals surface area contributed by atoms with Crippen molar-refractivity contribution in [3.8, 4) is 0 Å². The molecule has 1 heterocycles. The molecule has 1 amide bonds. The number of halogens is 1. The lowest BCUT2D eigenvalue weighted by Gasteiger charge is -2.17. The Morgan fingerprint density at radius 2 is 2.14 bits per heavy atom. The molecule has 0 radical (unpaired) electrons. The molecule has 0 bridgehead atoms. The topological polar surface area (TPSA) is 62.5 Å². The highest BCUT2D eigenvalue weighted by molar-refractivity contribution is 6.31. The van der Waals surface area contributed by atoms with Gasteiger partial charge in [-0.2, -0.15) is 0 Å². The number of aryl methyl sites for hydroxylation is 1. The summed E-state index contributed by atoms with van der Waals surface area (Å²) in [5.74, 6) is 0.354. The minimum atomic E-state index is -0.306. The van der Waals surface area contributed by atoms with Crippen molar-refractivity contribution in [2.75, 3.05) is 6.61 Å². The number of aliphatic hydroxyl groups excluding tert-OH is 1. The standard InChI is InChI=1S/C16H20ClNO3/c1-9(2)6-12(8-19)18-16(20)15-10(3)13-7-11(17)4-5-14(13)21-15/h4-5,7,9,12,19H,6,8H2,1-3H3,(H,18,20). The number of furan rings is 1. The number of hydrogen-bond acceptors (Lipinski definition) is 3. The number of carbonyl (C=O) groups is 1. The van der Waals surface area contributed by atoms with Gasteiger partial charge < -0.3 is 14.8 Å². The number of fused-ring (bicyclic) bond motifs is 1. The van der Waals surface area contributed by atoms with Crippen LogP contribution >= 0.6 is 11.6 Å². The zero-order chi connectivity index (χ0) is 15.6. The third-order valence-corrected chi connectivity index (χ3v) is 3.65. The van der Waals surface area contributed by atoms with Crippen molar-refractivity contribution >= 4 is 28.5 Å². The molecule has 0 spiro atoms. The van der Waals surface area contributed by atoms with Gasteiger partial charge in [-0.1, -0.05) is 25.4 Å². The lowest BCUT2D eigenvalue weighted by Crippen LogP contribution is -2.38. The summed E-state index contributed by atoms with van der Waals surface area (Å²) in [5, 5.41) is 13.6. The van der Waals surface area contributed by atoms with Gasteiger partial charge in [-0.15, -0.1) is 0 Å². The lowest BCUT2D eigenvalue weighted by atomic mass is 10.0. The normalized spacial score (nSPS) is 12.9. The maximum atomic E-state index is 12.3. The predicted molar refractivity (Wildman–Crippen MR) is 83.8 cm³/mol. The Bertz CT molecular complexity index is 648. The van der Waals surface area contributed by atoms with Crippen LogP contribution in [0.3, 0.4) is 0 Å². The SMILES string of the molecule is Cc1c(C(=O)NC(CO)CC(C)C)oc2ccc(Cl)cc12. The monoisotopic (exact) mass is 309 g/mol.